The van der Waals surface area contributed by atoms with E-state index in [-0.39, 0.29) is 7.47 Å². The molecule has 0 unspecified atom stereocenters. The summed E-state index contributed by atoms with van der Waals surface area (Å²) in [7, 11) is 0. The second kappa shape index (κ2) is 5.17. The van der Waals surface area contributed by atoms with Crippen LogP contribution in [0.2, 0.25) is 0 Å². The van der Waals surface area contributed by atoms with Crippen LogP contribution in [-0.4, -0.2) is 0 Å². The first-order valence-corrected chi connectivity index (χ1v) is 8.72. The average molecular weight is 478 g/mol. The van der Waals surface area contributed by atoms with Gasteiger partial charge >= 0.3 is 0 Å². The molecule has 0 nitrogen and oxygen atoms in total. The highest BCUT2D eigenvalue weighted by molar-refractivity contribution is 9.24. The maximum Gasteiger partial charge on any atom is 0.0960 e. The van der Waals surface area contributed by atoms with Crippen molar-refractivity contribution >= 4 is 85.1 Å². The molecule has 0 aliphatic carbocycles. The van der Waals surface area contributed by atoms with E-state index in [4.69, 9.17) is 0 Å². The van der Waals surface area contributed by atoms with Crippen molar-refractivity contribution in [3.05, 3.63) is 34.7 Å². The molecule has 0 N–H and O–H groups in total. The number of fused-ring (bicyclic) bond motifs is 1. The lowest BCUT2D eigenvalue weighted by molar-refractivity contribution is 1.43. The van der Waals surface area contributed by atoms with E-state index in [2.05, 4.69) is 87.3 Å². The summed E-state index contributed by atoms with van der Waals surface area (Å²) in [5.41, 5.74) is 2.56. The molecule has 1 aromatic carbocycles. The third-order valence-electron chi connectivity index (χ3n) is 2.15. The van der Waals surface area contributed by atoms with Gasteiger partial charge in [0, 0.05) is 4.70 Å². The molecule has 0 radical (unpaired) electrons. The van der Waals surface area contributed by atoms with E-state index in [1.165, 1.54) is 21.2 Å². The van der Waals surface area contributed by atoms with E-state index in [0.29, 0.717) is 0 Å². The Kier molecular flexibility index (Phi) is 4.33. The van der Waals surface area contributed by atoms with E-state index in [1.54, 1.807) is 11.3 Å². The van der Waals surface area contributed by atoms with Gasteiger partial charge in [0.1, 0.15) is 0 Å². The molecule has 0 atom stereocenters. The topological polar surface area (TPSA) is 0 Å². The first-order valence-electron chi connectivity index (χ1n) is 4.17. The highest BCUT2D eigenvalue weighted by atomic mass is 79.9. The zero-order valence-corrected chi connectivity index (χ0v) is 14.5. The van der Waals surface area contributed by atoms with Crippen molar-refractivity contribution in [2.75, 3.05) is 0 Å². The summed E-state index contributed by atoms with van der Waals surface area (Å²) in [5.74, 6) is 0. The molecule has 1 heterocycles. The molecular formula is C10H6Br4S. The van der Waals surface area contributed by atoms with Crippen LogP contribution in [0.3, 0.4) is 0 Å². The Balaban J connectivity index is 2.71. The number of hydrogen-bond acceptors (Lipinski definition) is 1. The fraction of sp³-hybridized carbons (Fsp3) is 0.200. The molecule has 0 amide bonds. The number of rotatable bonds is 2. The Morgan fingerprint density at radius 2 is 1.47 bits per heavy atom. The Morgan fingerprint density at radius 3 is 2.07 bits per heavy atom. The van der Waals surface area contributed by atoms with E-state index >= 15 is 0 Å². The van der Waals surface area contributed by atoms with Gasteiger partial charge in [0.15, 0.2) is 0 Å². The summed E-state index contributed by atoms with van der Waals surface area (Å²) >= 11 is 16.0. The smallest absolute Gasteiger partial charge is 0.0960 e. The molecule has 2 aromatic rings. The fourth-order valence-electron chi connectivity index (χ4n) is 1.47. The van der Waals surface area contributed by atoms with Gasteiger partial charge in [0.2, 0.25) is 0 Å². The van der Waals surface area contributed by atoms with Gasteiger partial charge < -0.3 is 0 Å². The molecule has 0 aliphatic rings. The molecule has 2 rings (SSSR count). The standard InChI is InChI=1S/C10H6Br4S/c11-9(12)6-1-2-7(10(13)14)8-5(6)3-4-15-8/h1-4,9-10H. The van der Waals surface area contributed by atoms with E-state index in [1.807, 2.05) is 0 Å². The van der Waals surface area contributed by atoms with E-state index in [0.717, 1.165) is 0 Å². The van der Waals surface area contributed by atoms with Crippen molar-refractivity contribution in [3.8, 4) is 0 Å². The molecule has 0 saturated heterocycles. The van der Waals surface area contributed by atoms with Crippen LogP contribution in [0, 0.1) is 0 Å². The molecule has 5 heteroatoms. The molecule has 0 aliphatic heterocycles. The summed E-state index contributed by atoms with van der Waals surface area (Å²) in [6.07, 6.45) is 0. The maximum absolute atomic E-state index is 3.55. The molecule has 0 spiro atoms. The molecule has 0 bridgehead atoms. The van der Waals surface area contributed by atoms with Gasteiger partial charge in [-0.3, -0.25) is 0 Å². The van der Waals surface area contributed by atoms with Crippen molar-refractivity contribution in [2.45, 2.75) is 7.47 Å². The van der Waals surface area contributed by atoms with Crippen molar-refractivity contribution in [1.82, 2.24) is 0 Å². The zero-order valence-electron chi connectivity index (χ0n) is 7.38. The van der Waals surface area contributed by atoms with Gasteiger partial charge in [-0.2, -0.15) is 0 Å². The van der Waals surface area contributed by atoms with Crippen LogP contribution >= 0.6 is 75.1 Å². The number of benzene rings is 1. The van der Waals surface area contributed by atoms with Gasteiger partial charge in [-0.1, -0.05) is 75.9 Å². The Bertz CT molecular complexity index is 433. The van der Waals surface area contributed by atoms with Crippen molar-refractivity contribution in [1.29, 1.82) is 0 Å². The van der Waals surface area contributed by atoms with Crippen molar-refractivity contribution in [2.24, 2.45) is 0 Å². The van der Waals surface area contributed by atoms with Crippen LogP contribution in [0.4, 0.5) is 0 Å². The van der Waals surface area contributed by atoms with Gasteiger partial charge in [0.25, 0.3) is 0 Å². The second-order valence-electron chi connectivity index (χ2n) is 3.01. The van der Waals surface area contributed by atoms with Gasteiger partial charge in [-0.25, -0.2) is 0 Å². The van der Waals surface area contributed by atoms with Crippen LogP contribution in [0.25, 0.3) is 10.1 Å². The predicted octanol–water partition coefficient (Wildman–Crippen LogP) is 6.48. The van der Waals surface area contributed by atoms with Crippen molar-refractivity contribution < 1.29 is 0 Å². The first-order chi connectivity index (χ1) is 7.11. The molecule has 80 valence electrons. The molecule has 15 heavy (non-hydrogen) atoms. The lowest BCUT2D eigenvalue weighted by Crippen LogP contribution is -1.86. The van der Waals surface area contributed by atoms with Gasteiger partial charge in [-0.15, -0.1) is 11.3 Å². The van der Waals surface area contributed by atoms with Gasteiger partial charge in [-0.05, 0) is 28.0 Å². The normalized spacial score (nSPS) is 11.9. The minimum absolute atomic E-state index is 0.209. The SMILES string of the molecule is BrC(Br)c1ccc(C(Br)Br)c2sccc12. The lowest BCUT2D eigenvalue weighted by atomic mass is 10.1. The van der Waals surface area contributed by atoms with Crippen LogP contribution in [-0.2, 0) is 0 Å². The summed E-state index contributed by atoms with van der Waals surface area (Å²) in [6, 6.07) is 6.46. The van der Waals surface area contributed by atoms with Gasteiger partial charge in [0.05, 0.1) is 7.47 Å². The first kappa shape index (κ1) is 12.6. The van der Waals surface area contributed by atoms with Crippen LogP contribution < -0.4 is 0 Å². The summed E-state index contributed by atoms with van der Waals surface area (Å²) in [4.78, 5) is 0. The monoisotopic (exact) mass is 474 g/mol. The number of hydrogen-bond donors (Lipinski definition) is 0. The highest BCUT2D eigenvalue weighted by Gasteiger charge is 2.14. The molecular weight excluding hydrogens is 472 g/mol. The fourth-order valence-corrected chi connectivity index (χ4v) is 4.31. The summed E-state index contributed by atoms with van der Waals surface area (Å²) in [5, 5.41) is 3.43. The average Bonchev–Trinajstić information content (AvgIpc) is 2.63. The van der Waals surface area contributed by atoms with E-state index < -0.39 is 0 Å². The zero-order chi connectivity index (χ0) is 11.0. The molecule has 1 aromatic heterocycles. The van der Waals surface area contributed by atoms with E-state index in [9.17, 15) is 0 Å². The third-order valence-corrected chi connectivity index (χ3v) is 5.09. The maximum atomic E-state index is 3.55. The molecule has 0 fully saturated rings. The van der Waals surface area contributed by atoms with Crippen LogP contribution in [0.5, 0.6) is 0 Å². The Labute approximate surface area is 126 Å². The summed E-state index contributed by atoms with van der Waals surface area (Å²) in [6.45, 7) is 0. The minimum Gasteiger partial charge on any atom is -0.143 e. The number of halogens is 4. The predicted molar refractivity (Wildman–Crippen MR) is 83.0 cm³/mol. The van der Waals surface area contributed by atoms with Crippen LogP contribution in [0.1, 0.15) is 18.6 Å². The Morgan fingerprint density at radius 1 is 0.867 bits per heavy atom. The minimum atomic E-state index is 0.209. The number of thiophene rings is 1. The largest absolute Gasteiger partial charge is 0.143 e. The lowest BCUT2D eigenvalue weighted by Gasteiger charge is -2.09. The third kappa shape index (κ3) is 2.51. The summed E-state index contributed by atoms with van der Waals surface area (Å²) < 4.78 is 1.75. The molecule has 0 saturated carbocycles. The van der Waals surface area contributed by atoms with Crippen LogP contribution in [0.15, 0.2) is 23.6 Å². The highest BCUT2D eigenvalue weighted by Crippen LogP contribution is 2.42. The number of alkyl halides is 4. The Hall–Kier alpha value is 1.10. The quantitative estimate of drug-likeness (QED) is 0.434. The van der Waals surface area contributed by atoms with Crippen molar-refractivity contribution in [3.63, 3.8) is 0 Å². The second-order valence-corrected chi connectivity index (χ2v) is 10.0.